The Balaban J connectivity index is 1.09. The number of rotatable bonds is 3. The Morgan fingerprint density at radius 1 is 0.309 bits per heavy atom. The van der Waals surface area contributed by atoms with E-state index in [-0.39, 0.29) is 5.41 Å². The third kappa shape index (κ3) is 4.54. The number of para-hydroxylation sites is 4. The van der Waals surface area contributed by atoms with Gasteiger partial charge in [-0.1, -0.05) is 190 Å². The molecule has 10 aromatic rings. The van der Waals surface area contributed by atoms with E-state index in [9.17, 15) is 0 Å². The Hall–Kier alpha value is -8.40. The van der Waals surface area contributed by atoms with Crippen molar-refractivity contribution in [3.05, 3.63) is 280 Å². The molecular weight excluding hydrogens is 827 g/mol. The maximum Gasteiger partial charge on any atom is 0.132 e. The van der Waals surface area contributed by atoms with Crippen molar-refractivity contribution in [3.8, 4) is 56.4 Å². The number of nitrogens with zero attached hydrogens (tertiary/aromatic N) is 1. The second-order valence-electron chi connectivity index (χ2n) is 19.4. The molecule has 0 bridgehead atoms. The van der Waals surface area contributed by atoms with Gasteiger partial charge in [0.15, 0.2) is 0 Å². The van der Waals surface area contributed by atoms with Crippen LogP contribution < -0.4 is 14.4 Å². The van der Waals surface area contributed by atoms with E-state index >= 15 is 0 Å². The third-order valence-corrected chi connectivity index (χ3v) is 16.0. The van der Waals surface area contributed by atoms with Crippen LogP contribution in [0, 0.1) is 0 Å². The molecule has 2 spiro atoms. The summed E-state index contributed by atoms with van der Waals surface area (Å²) >= 11 is 0. The lowest BCUT2D eigenvalue weighted by Crippen LogP contribution is -2.33. The summed E-state index contributed by atoms with van der Waals surface area (Å²) < 4.78 is 13.6. The van der Waals surface area contributed by atoms with Gasteiger partial charge in [0.2, 0.25) is 0 Å². The molecule has 0 N–H and O–H groups in total. The third-order valence-electron chi connectivity index (χ3n) is 16.0. The smallest absolute Gasteiger partial charge is 0.132 e. The van der Waals surface area contributed by atoms with Crippen molar-refractivity contribution < 1.29 is 9.47 Å². The van der Waals surface area contributed by atoms with E-state index in [2.05, 4.69) is 243 Å². The lowest BCUT2D eigenvalue weighted by atomic mass is 9.65. The lowest BCUT2D eigenvalue weighted by molar-refractivity contribution is 0.436. The van der Waals surface area contributed by atoms with Crippen LogP contribution in [0.4, 0.5) is 17.1 Å². The van der Waals surface area contributed by atoms with E-state index in [1.165, 1.54) is 66.8 Å². The van der Waals surface area contributed by atoms with Gasteiger partial charge in [0.1, 0.15) is 23.0 Å². The summed E-state index contributed by atoms with van der Waals surface area (Å²) in [5, 5.41) is 0. The fourth-order valence-electron chi connectivity index (χ4n) is 13.4. The molecule has 2 aliphatic heterocycles. The van der Waals surface area contributed by atoms with Crippen molar-refractivity contribution in [1.82, 2.24) is 0 Å². The summed E-state index contributed by atoms with van der Waals surface area (Å²) in [6.07, 6.45) is 0. The Kier molecular flexibility index (Phi) is 7.43. The molecule has 320 valence electrons. The van der Waals surface area contributed by atoms with Gasteiger partial charge in [0.05, 0.1) is 22.2 Å². The van der Waals surface area contributed by atoms with Crippen LogP contribution >= 0.6 is 0 Å². The van der Waals surface area contributed by atoms with Crippen LogP contribution in [0.5, 0.6) is 23.0 Å². The standard InChI is InChI=1S/C65H43NO2/c1-63(2)46-23-6-3-19-41(46)43-38-37-40(39-54(43)63)66(55-31-18-30-53-61(55)45-21-5-8-25-48(45)64(53)49-26-9-13-33-57(49)67-58-34-14-10-27-50(58)64)56-32-17-22-44-42-20-4-7-24-47(42)65(62(44)56)51-28-11-15-35-59(51)68-60-36-16-12-29-52(60)65/h3-39H,1-2H3. The SMILES string of the molecule is CC1(C)c2ccccc2-c2ccc(N(c3cccc4c3-c3ccccc3C43c4ccccc4Oc4ccccc43)c3cccc4c3C3(c5ccccc5Oc5ccccc53)c3ccccc3-4)cc21. The summed E-state index contributed by atoms with van der Waals surface area (Å²) in [7, 11) is 0. The topological polar surface area (TPSA) is 21.7 Å². The van der Waals surface area contributed by atoms with E-state index in [1.807, 2.05) is 0 Å². The molecule has 0 saturated carbocycles. The Morgan fingerprint density at radius 2 is 0.721 bits per heavy atom. The average Bonchev–Trinajstić information content (AvgIpc) is 3.94. The van der Waals surface area contributed by atoms with E-state index in [0.29, 0.717) is 0 Å². The van der Waals surface area contributed by atoms with Crippen molar-refractivity contribution >= 4 is 17.1 Å². The predicted molar refractivity (Wildman–Crippen MR) is 273 cm³/mol. The zero-order chi connectivity index (χ0) is 44.9. The molecule has 10 aromatic carbocycles. The minimum absolute atomic E-state index is 0.215. The highest BCUT2D eigenvalue weighted by molar-refractivity contribution is 6.02. The highest BCUT2D eigenvalue weighted by Gasteiger charge is 2.55. The number of ether oxygens (including phenoxy) is 2. The highest BCUT2D eigenvalue weighted by Crippen LogP contribution is 2.68. The maximum atomic E-state index is 6.86. The lowest BCUT2D eigenvalue weighted by Gasteiger charge is -2.42. The molecule has 0 fully saturated rings. The van der Waals surface area contributed by atoms with Gasteiger partial charge in [-0.2, -0.15) is 0 Å². The molecule has 15 rings (SSSR count). The van der Waals surface area contributed by atoms with Gasteiger partial charge in [-0.25, -0.2) is 0 Å². The zero-order valence-electron chi connectivity index (χ0n) is 37.6. The quantitative estimate of drug-likeness (QED) is 0.177. The second-order valence-corrected chi connectivity index (χ2v) is 19.4. The van der Waals surface area contributed by atoms with Crippen LogP contribution in [-0.2, 0) is 16.2 Å². The second kappa shape index (κ2) is 13.4. The van der Waals surface area contributed by atoms with Crippen LogP contribution in [0.1, 0.15) is 69.5 Å². The predicted octanol–water partition coefficient (Wildman–Crippen LogP) is 16.4. The molecule has 0 saturated heterocycles. The van der Waals surface area contributed by atoms with E-state index in [4.69, 9.17) is 9.47 Å². The van der Waals surface area contributed by atoms with Crippen LogP contribution in [0.25, 0.3) is 33.4 Å². The molecule has 68 heavy (non-hydrogen) atoms. The van der Waals surface area contributed by atoms with Crippen molar-refractivity contribution in [2.45, 2.75) is 30.1 Å². The Bertz CT molecular complexity index is 3730. The normalized spacial score (nSPS) is 15.5. The Labute approximate surface area is 396 Å². The number of anilines is 3. The van der Waals surface area contributed by atoms with E-state index in [0.717, 1.165) is 62.3 Å². The van der Waals surface area contributed by atoms with Crippen molar-refractivity contribution in [3.63, 3.8) is 0 Å². The van der Waals surface area contributed by atoms with E-state index in [1.54, 1.807) is 0 Å². The summed E-state index contributed by atoms with van der Waals surface area (Å²) in [4.78, 5) is 2.61. The first-order valence-electron chi connectivity index (χ1n) is 23.8. The first-order chi connectivity index (χ1) is 33.5. The first-order valence-corrected chi connectivity index (χ1v) is 23.8. The van der Waals surface area contributed by atoms with Gasteiger partial charge in [0.25, 0.3) is 0 Å². The molecular formula is C65H43NO2. The highest BCUT2D eigenvalue weighted by atomic mass is 16.5. The van der Waals surface area contributed by atoms with Crippen LogP contribution in [0.2, 0.25) is 0 Å². The average molecular weight is 870 g/mol. The number of hydrogen-bond donors (Lipinski definition) is 0. The van der Waals surface area contributed by atoms with Crippen LogP contribution in [0.3, 0.4) is 0 Å². The van der Waals surface area contributed by atoms with Crippen LogP contribution in [0.15, 0.2) is 224 Å². The van der Waals surface area contributed by atoms with Gasteiger partial charge >= 0.3 is 0 Å². The Morgan fingerprint density at radius 3 is 1.32 bits per heavy atom. The first kappa shape index (κ1) is 37.8. The minimum Gasteiger partial charge on any atom is -0.457 e. The minimum atomic E-state index is -0.700. The largest absolute Gasteiger partial charge is 0.457 e. The molecule has 0 amide bonds. The fraction of sp³-hybridized carbons (Fsp3) is 0.0769. The maximum absolute atomic E-state index is 6.86. The van der Waals surface area contributed by atoms with Crippen LogP contribution in [-0.4, -0.2) is 0 Å². The fourth-order valence-corrected chi connectivity index (χ4v) is 13.4. The molecule has 0 unspecified atom stereocenters. The molecule has 0 radical (unpaired) electrons. The molecule has 5 aliphatic rings. The van der Waals surface area contributed by atoms with Gasteiger partial charge < -0.3 is 14.4 Å². The van der Waals surface area contributed by atoms with Gasteiger partial charge in [-0.3, -0.25) is 0 Å². The van der Waals surface area contributed by atoms with E-state index < -0.39 is 10.8 Å². The van der Waals surface area contributed by atoms with Gasteiger partial charge in [-0.05, 0) is 104 Å². The summed E-state index contributed by atoms with van der Waals surface area (Å²) in [5.41, 5.74) is 21.6. The zero-order valence-corrected chi connectivity index (χ0v) is 37.6. The molecule has 0 atom stereocenters. The summed E-state index contributed by atoms with van der Waals surface area (Å²) in [5.74, 6) is 3.52. The summed E-state index contributed by atoms with van der Waals surface area (Å²) in [6, 6.07) is 83.0. The molecule has 3 nitrogen and oxygen atoms in total. The molecule has 0 aromatic heterocycles. The number of benzene rings is 10. The number of hydrogen-bond acceptors (Lipinski definition) is 3. The monoisotopic (exact) mass is 869 g/mol. The molecule has 3 heteroatoms. The van der Waals surface area contributed by atoms with Gasteiger partial charge in [0, 0.05) is 44.5 Å². The molecule has 3 aliphatic carbocycles. The number of fused-ring (bicyclic) bond motifs is 21. The van der Waals surface area contributed by atoms with Crippen molar-refractivity contribution in [2.75, 3.05) is 4.90 Å². The van der Waals surface area contributed by atoms with Gasteiger partial charge in [-0.15, -0.1) is 0 Å². The summed E-state index contributed by atoms with van der Waals surface area (Å²) in [6.45, 7) is 4.77. The molecule has 2 heterocycles. The van der Waals surface area contributed by atoms with Crippen molar-refractivity contribution in [1.29, 1.82) is 0 Å². The van der Waals surface area contributed by atoms with Crippen molar-refractivity contribution in [2.24, 2.45) is 0 Å².